The smallest absolute Gasteiger partial charge is 0.223 e. The van der Waals surface area contributed by atoms with Gasteiger partial charge in [-0.05, 0) is 19.8 Å². The molecule has 3 aromatic rings. The Bertz CT molecular complexity index is 743. The van der Waals surface area contributed by atoms with E-state index in [-0.39, 0.29) is 0 Å². The molecule has 1 aliphatic heterocycles. The Hall–Kier alpha value is -1.96. The van der Waals surface area contributed by atoms with Crippen LogP contribution in [-0.4, -0.2) is 37.8 Å². The second-order valence-electron chi connectivity index (χ2n) is 5.45. The van der Waals surface area contributed by atoms with Crippen molar-refractivity contribution in [1.82, 2.24) is 24.7 Å². The monoisotopic (exact) mass is 304 g/mol. The molecule has 0 saturated carbocycles. The number of hydrogen-bond acceptors (Lipinski definition) is 7. The molecule has 1 fully saturated rings. The van der Waals surface area contributed by atoms with Gasteiger partial charge < -0.3 is 9.42 Å². The van der Waals surface area contributed by atoms with Gasteiger partial charge in [-0.25, -0.2) is 9.50 Å². The minimum absolute atomic E-state index is 0.314. The maximum absolute atomic E-state index is 5.10. The molecule has 0 radical (unpaired) electrons. The van der Waals surface area contributed by atoms with Crippen LogP contribution in [0.4, 0.5) is 5.13 Å². The summed E-state index contributed by atoms with van der Waals surface area (Å²) in [5.74, 6) is 1.76. The summed E-state index contributed by atoms with van der Waals surface area (Å²) in [4.78, 5) is 12.1. The number of fused-ring (bicyclic) bond motifs is 1. The highest BCUT2D eigenvalue weighted by molar-refractivity contribution is 7.20. The molecule has 21 heavy (non-hydrogen) atoms. The lowest BCUT2D eigenvalue weighted by molar-refractivity contribution is 0.377. The van der Waals surface area contributed by atoms with Gasteiger partial charge in [-0.3, -0.25) is 0 Å². The summed E-state index contributed by atoms with van der Waals surface area (Å²) < 4.78 is 6.96. The van der Waals surface area contributed by atoms with Crippen molar-refractivity contribution in [2.45, 2.75) is 32.6 Å². The van der Waals surface area contributed by atoms with Crippen LogP contribution in [0.3, 0.4) is 0 Å². The zero-order valence-corrected chi connectivity index (χ0v) is 12.8. The zero-order valence-electron chi connectivity index (χ0n) is 12.0. The molecule has 0 amide bonds. The van der Waals surface area contributed by atoms with Gasteiger partial charge in [0.05, 0.1) is 11.9 Å². The SMILES string of the molecule is Cc1cn2nc(N3CCC[C@@H](c4noc(C)n4)C3)sc2n1. The molecular formula is C13H16N6OS. The predicted molar refractivity (Wildman–Crippen MR) is 78.8 cm³/mol. The lowest BCUT2D eigenvalue weighted by atomic mass is 9.98. The van der Waals surface area contributed by atoms with Crippen molar-refractivity contribution in [2.75, 3.05) is 18.0 Å². The molecule has 4 heterocycles. The van der Waals surface area contributed by atoms with E-state index in [1.807, 2.05) is 24.6 Å². The second-order valence-corrected chi connectivity index (χ2v) is 6.39. The minimum atomic E-state index is 0.314. The van der Waals surface area contributed by atoms with Gasteiger partial charge >= 0.3 is 0 Å². The van der Waals surface area contributed by atoms with Crippen LogP contribution >= 0.6 is 11.3 Å². The largest absolute Gasteiger partial charge is 0.346 e. The first kappa shape index (κ1) is 12.8. The number of piperidine rings is 1. The number of nitrogens with zero attached hydrogens (tertiary/aromatic N) is 6. The number of aryl methyl sites for hydroxylation is 2. The summed E-state index contributed by atoms with van der Waals surface area (Å²) in [6.07, 6.45) is 4.16. The lowest BCUT2D eigenvalue weighted by Gasteiger charge is -2.30. The molecule has 7 nitrogen and oxygen atoms in total. The van der Waals surface area contributed by atoms with Gasteiger partial charge in [0, 0.05) is 25.9 Å². The van der Waals surface area contributed by atoms with E-state index in [2.05, 4.69) is 25.1 Å². The van der Waals surface area contributed by atoms with Crippen molar-refractivity contribution >= 4 is 21.4 Å². The summed E-state index contributed by atoms with van der Waals surface area (Å²) in [5.41, 5.74) is 0.999. The molecular weight excluding hydrogens is 288 g/mol. The Morgan fingerprint density at radius 3 is 3.00 bits per heavy atom. The predicted octanol–water partition coefficient (Wildman–Crippen LogP) is 2.17. The molecule has 1 aliphatic rings. The second kappa shape index (κ2) is 4.80. The van der Waals surface area contributed by atoms with E-state index in [0.717, 1.165) is 47.5 Å². The summed E-state index contributed by atoms with van der Waals surface area (Å²) in [5, 5.41) is 9.71. The highest BCUT2D eigenvalue weighted by atomic mass is 32.1. The van der Waals surface area contributed by atoms with Gasteiger partial charge in [-0.15, -0.1) is 5.10 Å². The van der Waals surface area contributed by atoms with Crippen LogP contribution in [-0.2, 0) is 0 Å². The fourth-order valence-corrected chi connectivity index (χ4v) is 3.73. The van der Waals surface area contributed by atoms with Gasteiger partial charge in [0.25, 0.3) is 0 Å². The number of anilines is 1. The van der Waals surface area contributed by atoms with Crippen molar-refractivity contribution in [3.05, 3.63) is 23.6 Å². The third kappa shape index (κ3) is 2.29. The first-order valence-electron chi connectivity index (χ1n) is 7.07. The average Bonchev–Trinajstić information content (AvgIpc) is 3.13. The Balaban J connectivity index is 1.58. The van der Waals surface area contributed by atoms with Gasteiger partial charge in [-0.2, -0.15) is 4.98 Å². The molecule has 0 aliphatic carbocycles. The molecule has 3 aromatic heterocycles. The number of hydrogen-bond donors (Lipinski definition) is 0. The van der Waals surface area contributed by atoms with Gasteiger partial charge in [-0.1, -0.05) is 16.5 Å². The van der Waals surface area contributed by atoms with Crippen LogP contribution in [0.25, 0.3) is 4.96 Å². The summed E-state index contributed by atoms with van der Waals surface area (Å²) >= 11 is 1.63. The van der Waals surface area contributed by atoms with Crippen molar-refractivity contribution < 1.29 is 4.52 Å². The van der Waals surface area contributed by atoms with E-state index < -0.39 is 0 Å². The first-order chi connectivity index (χ1) is 10.2. The summed E-state index contributed by atoms with van der Waals surface area (Å²) in [6.45, 7) is 5.71. The Morgan fingerprint density at radius 2 is 2.24 bits per heavy atom. The van der Waals surface area contributed by atoms with E-state index >= 15 is 0 Å². The number of rotatable bonds is 2. The Kier molecular flexibility index (Phi) is 2.91. The molecule has 110 valence electrons. The maximum Gasteiger partial charge on any atom is 0.223 e. The van der Waals surface area contributed by atoms with Crippen molar-refractivity contribution in [2.24, 2.45) is 0 Å². The van der Waals surface area contributed by atoms with E-state index in [9.17, 15) is 0 Å². The fraction of sp³-hybridized carbons (Fsp3) is 0.538. The van der Waals surface area contributed by atoms with Crippen molar-refractivity contribution in [3.63, 3.8) is 0 Å². The van der Waals surface area contributed by atoms with Crippen molar-refractivity contribution in [1.29, 1.82) is 0 Å². The van der Waals surface area contributed by atoms with Crippen molar-refractivity contribution in [3.8, 4) is 0 Å². The summed E-state index contributed by atoms with van der Waals surface area (Å²) in [7, 11) is 0. The highest BCUT2D eigenvalue weighted by Gasteiger charge is 2.27. The summed E-state index contributed by atoms with van der Waals surface area (Å²) in [6, 6.07) is 0. The highest BCUT2D eigenvalue weighted by Crippen LogP contribution is 2.31. The quantitative estimate of drug-likeness (QED) is 0.722. The Morgan fingerprint density at radius 1 is 1.33 bits per heavy atom. The van der Waals surface area contributed by atoms with Gasteiger partial charge in [0.15, 0.2) is 5.82 Å². The molecule has 0 unspecified atom stereocenters. The average molecular weight is 304 g/mol. The van der Waals surface area contributed by atoms with Crippen LogP contribution in [0.1, 0.15) is 36.2 Å². The molecule has 1 saturated heterocycles. The minimum Gasteiger partial charge on any atom is -0.346 e. The zero-order chi connectivity index (χ0) is 14.4. The van der Waals surface area contributed by atoms with E-state index in [1.165, 1.54) is 0 Å². The number of aromatic nitrogens is 5. The van der Waals surface area contributed by atoms with E-state index in [4.69, 9.17) is 4.52 Å². The van der Waals surface area contributed by atoms with Crippen LogP contribution in [0, 0.1) is 13.8 Å². The number of imidazole rings is 1. The molecule has 0 N–H and O–H groups in total. The maximum atomic E-state index is 5.10. The third-order valence-electron chi connectivity index (χ3n) is 3.75. The van der Waals surface area contributed by atoms with Crippen LogP contribution in [0.5, 0.6) is 0 Å². The molecule has 0 spiro atoms. The first-order valence-corrected chi connectivity index (χ1v) is 7.88. The van der Waals surface area contributed by atoms with Gasteiger partial charge in [0.1, 0.15) is 0 Å². The topological polar surface area (TPSA) is 72.3 Å². The lowest BCUT2D eigenvalue weighted by Crippen LogP contribution is -2.34. The fourth-order valence-electron chi connectivity index (χ4n) is 2.77. The molecule has 0 bridgehead atoms. The van der Waals surface area contributed by atoms with Gasteiger partial charge in [0.2, 0.25) is 16.0 Å². The molecule has 0 aromatic carbocycles. The molecule has 4 rings (SSSR count). The Labute approximate surface area is 125 Å². The van der Waals surface area contributed by atoms with Crippen LogP contribution in [0.2, 0.25) is 0 Å². The third-order valence-corrected chi connectivity index (χ3v) is 4.74. The van der Waals surface area contributed by atoms with Crippen LogP contribution in [0.15, 0.2) is 10.7 Å². The molecule has 1 atom stereocenters. The van der Waals surface area contributed by atoms with Crippen LogP contribution < -0.4 is 4.90 Å². The van der Waals surface area contributed by atoms with E-state index in [1.54, 1.807) is 11.3 Å². The van der Waals surface area contributed by atoms with E-state index in [0.29, 0.717) is 11.8 Å². The molecule has 8 heteroatoms. The normalized spacial score (nSPS) is 19.5. The standard InChI is InChI=1S/C13H16N6OS/c1-8-6-19-12(14-8)21-13(16-19)18-5-3-4-10(7-18)11-15-9(2)20-17-11/h6,10H,3-5,7H2,1-2H3/t10-/m1/s1.